The molecule has 0 bridgehead atoms. The molecule has 2 heteroatoms. The molecule has 3 N–H and O–H groups in total. The fraction of sp³-hybridized carbons (Fsp3) is 0.875. The first-order chi connectivity index (χ1) is 8.47. The predicted octanol–water partition coefficient (Wildman–Crippen LogP) is 3.23. The summed E-state index contributed by atoms with van der Waals surface area (Å²) in [6.45, 7) is 8.99. The molecule has 2 atom stereocenters. The molecular weight excluding hydrogens is 220 g/mol. The highest BCUT2D eigenvalue weighted by Crippen LogP contribution is 2.47. The van der Waals surface area contributed by atoms with Crippen LogP contribution in [0.25, 0.3) is 0 Å². The van der Waals surface area contributed by atoms with Crippen molar-refractivity contribution in [1.29, 1.82) is 0 Å². The van der Waals surface area contributed by atoms with Gasteiger partial charge in [-0.3, -0.25) is 0 Å². The summed E-state index contributed by atoms with van der Waals surface area (Å²) < 4.78 is 0. The van der Waals surface area contributed by atoms with Crippen LogP contribution in [0.5, 0.6) is 0 Å². The van der Waals surface area contributed by atoms with Crippen molar-refractivity contribution in [2.75, 3.05) is 13.1 Å². The Morgan fingerprint density at radius 2 is 2.22 bits per heavy atom. The van der Waals surface area contributed by atoms with E-state index in [0.717, 1.165) is 13.1 Å². The molecule has 1 fully saturated rings. The third-order valence-corrected chi connectivity index (χ3v) is 5.02. The molecule has 0 radical (unpaired) electrons. The predicted molar refractivity (Wildman–Crippen MR) is 78.5 cm³/mol. The van der Waals surface area contributed by atoms with Crippen LogP contribution in [-0.2, 0) is 0 Å². The maximum atomic E-state index is 6.10. The molecule has 2 nitrogen and oxygen atoms in total. The van der Waals surface area contributed by atoms with Crippen LogP contribution in [0.15, 0.2) is 11.6 Å². The van der Waals surface area contributed by atoms with Crippen LogP contribution in [0.4, 0.5) is 0 Å². The molecule has 0 saturated heterocycles. The zero-order chi connectivity index (χ0) is 13.2. The first-order valence-corrected chi connectivity index (χ1v) is 7.60. The molecule has 0 aliphatic heterocycles. The van der Waals surface area contributed by atoms with E-state index in [2.05, 4.69) is 32.2 Å². The summed E-state index contributed by atoms with van der Waals surface area (Å²) in [4.78, 5) is 0. The minimum Gasteiger partial charge on any atom is -0.329 e. The molecule has 0 spiro atoms. The van der Waals surface area contributed by atoms with E-state index in [9.17, 15) is 0 Å². The number of nitrogens with one attached hydrogen (secondary N) is 1. The van der Waals surface area contributed by atoms with Gasteiger partial charge in [0.2, 0.25) is 0 Å². The lowest BCUT2D eigenvalue weighted by Gasteiger charge is -2.35. The zero-order valence-electron chi connectivity index (χ0n) is 12.4. The Morgan fingerprint density at radius 1 is 1.44 bits per heavy atom. The molecule has 0 amide bonds. The van der Waals surface area contributed by atoms with Crippen LogP contribution in [0.1, 0.15) is 59.3 Å². The Morgan fingerprint density at radius 3 is 2.72 bits per heavy atom. The van der Waals surface area contributed by atoms with Crippen LogP contribution in [-0.4, -0.2) is 18.6 Å². The van der Waals surface area contributed by atoms with E-state index in [1.165, 1.54) is 38.5 Å². The topological polar surface area (TPSA) is 38.0 Å². The van der Waals surface area contributed by atoms with Crippen molar-refractivity contribution >= 4 is 0 Å². The molecule has 0 heterocycles. The molecule has 1 saturated carbocycles. The summed E-state index contributed by atoms with van der Waals surface area (Å²) >= 11 is 0. The quantitative estimate of drug-likeness (QED) is 0.735. The molecule has 2 rings (SSSR count). The standard InChI is InChI=1S/C16H30N2/c1-13-10-15(2,3)11-16(13,12-17)18-9-8-14-6-4-5-7-14/h6,13,18H,4-5,7-12,17H2,1-3H3. The van der Waals surface area contributed by atoms with Gasteiger partial charge in [-0.15, -0.1) is 0 Å². The van der Waals surface area contributed by atoms with Crippen LogP contribution in [0, 0.1) is 11.3 Å². The van der Waals surface area contributed by atoms with Gasteiger partial charge in [0.15, 0.2) is 0 Å². The van der Waals surface area contributed by atoms with Gasteiger partial charge in [-0.05, 0) is 56.4 Å². The molecule has 2 aliphatic carbocycles. The highest BCUT2D eigenvalue weighted by molar-refractivity contribution is 5.09. The number of nitrogens with two attached hydrogens (primary N) is 1. The first kappa shape index (κ1) is 14.1. The van der Waals surface area contributed by atoms with Crippen LogP contribution >= 0.6 is 0 Å². The molecule has 104 valence electrons. The average Bonchev–Trinajstić information content (AvgIpc) is 2.86. The van der Waals surface area contributed by atoms with Crippen LogP contribution in [0.2, 0.25) is 0 Å². The van der Waals surface area contributed by atoms with Gasteiger partial charge in [-0.25, -0.2) is 0 Å². The van der Waals surface area contributed by atoms with Gasteiger partial charge in [0, 0.05) is 12.1 Å². The first-order valence-electron chi connectivity index (χ1n) is 7.60. The number of rotatable bonds is 5. The molecule has 0 aromatic rings. The third-order valence-electron chi connectivity index (χ3n) is 5.02. The van der Waals surface area contributed by atoms with Gasteiger partial charge < -0.3 is 11.1 Å². The summed E-state index contributed by atoms with van der Waals surface area (Å²) in [6, 6.07) is 0. The van der Waals surface area contributed by atoms with E-state index < -0.39 is 0 Å². The van der Waals surface area contributed by atoms with Crippen molar-refractivity contribution in [2.24, 2.45) is 17.1 Å². The second-order valence-electron chi connectivity index (χ2n) is 7.24. The van der Waals surface area contributed by atoms with E-state index in [1.54, 1.807) is 5.57 Å². The van der Waals surface area contributed by atoms with E-state index in [-0.39, 0.29) is 5.54 Å². The Balaban J connectivity index is 1.88. The van der Waals surface area contributed by atoms with Gasteiger partial charge in [0.1, 0.15) is 0 Å². The Hall–Kier alpha value is -0.340. The van der Waals surface area contributed by atoms with E-state index in [0.29, 0.717) is 11.3 Å². The monoisotopic (exact) mass is 250 g/mol. The van der Waals surface area contributed by atoms with Crippen molar-refractivity contribution in [1.82, 2.24) is 5.32 Å². The SMILES string of the molecule is CC1CC(C)(C)CC1(CN)NCCC1=CCCC1. The van der Waals surface area contributed by atoms with Crippen molar-refractivity contribution in [3.63, 3.8) is 0 Å². The summed E-state index contributed by atoms with van der Waals surface area (Å²) in [5, 5.41) is 3.81. The van der Waals surface area contributed by atoms with Crippen molar-refractivity contribution < 1.29 is 0 Å². The zero-order valence-corrected chi connectivity index (χ0v) is 12.4. The molecule has 0 aromatic carbocycles. The van der Waals surface area contributed by atoms with Crippen molar-refractivity contribution in [2.45, 2.75) is 64.8 Å². The molecule has 18 heavy (non-hydrogen) atoms. The highest BCUT2D eigenvalue weighted by atomic mass is 15.0. The molecule has 0 aromatic heterocycles. The normalized spacial score (nSPS) is 34.9. The molecular formula is C16H30N2. The van der Waals surface area contributed by atoms with Gasteiger partial charge in [0.25, 0.3) is 0 Å². The maximum absolute atomic E-state index is 6.10. The summed E-state index contributed by atoms with van der Waals surface area (Å²) in [6.07, 6.45) is 10.1. The Bertz CT molecular complexity index is 319. The summed E-state index contributed by atoms with van der Waals surface area (Å²) in [7, 11) is 0. The lowest BCUT2D eigenvalue weighted by molar-refractivity contribution is 0.258. The summed E-state index contributed by atoms with van der Waals surface area (Å²) in [5.74, 6) is 0.690. The molecule has 2 unspecified atom stereocenters. The average molecular weight is 250 g/mol. The lowest BCUT2D eigenvalue weighted by atomic mass is 9.86. The minimum atomic E-state index is 0.183. The van der Waals surface area contributed by atoms with Gasteiger partial charge in [0.05, 0.1) is 0 Å². The van der Waals surface area contributed by atoms with Crippen LogP contribution < -0.4 is 11.1 Å². The minimum absolute atomic E-state index is 0.183. The fourth-order valence-electron chi connectivity index (χ4n) is 4.14. The smallest absolute Gasteiger partial charge is 0.0335 e. The third kappa shape index (κ3) is 2.97. The second kappa shape index (κ2) is 5.34. The van der Waals surface area contributed by atoms with Gasteiger partial charge in [-0.2, -0.15) is 0 Å². The van der Waals surface area contributed by atoms with Gasteiger partial charge >= 0.3 is 0 Å². The number of allylic oxidation sites excluding steroid dienone is 1. The van der Waals surface area contributed by atoms with Crippen LogP contribution in [0.3, 0.4) is 0 Å². The van der Waals surface area contributed by atoms with Crippen molar-refractivity contribution in [3.05, 3.63) is 11.6 Å². The highest BCUT2D eigenvalue weighted by Gasteiger charge is 2.47. The number of hydrogen-bond donors (Lipinski definition) is 2. The van der Waals surface area contributed by atoms with Gasteiger partial charge in [-0.1, -0.05) is 32.4 Å². The second-order valence-corrected chi connectivity index (χ2v) is 7.24. The van der Waals surface area contributed by atoms with E-state index >= 15 is 0 Å². The number of hydrogen-bond acceptors (Lipinski definition) is 2. The van der Waals surface area contributed by atoms with Crippen molar-refractivity contribution in [3.8, 4) is 0 Å². The Labute approximate surface area is 112 Å². The van der Waals surface area contributed by atoms with E-state index in [4.69, 9.17) is 5.73 Å². The lowest BCUT2D eigenvalue weighted by Crippen LogP contribution is -2.53. The maximum Gasteiger partial charge on any atom is 0.0335 e. The van der Waals surface area contributed by atoms with E-state index in [1.807, 2.05) is 0 Å². The fourth-order valence-corrected chi connectivity index (χ4v) is 4.14. The Kier molecular flexibility index (Phi) is 4.18. The molecule has 2 aliphatic rings. The summed E-state index contributed by atoms with van der Waals surface area (Å²) in [5.41, 5.74) is 8.38. The largest absolute Gasteiger partial charge is 0.329 e.